The Labute approximate surface area is 193 Å². The minimum absolute atomic E-state index is 0.197. The summed E-state index contributed by atoms with van der Waals surface area (Å²) in [6.07, 6.45) is 0.789. The van der Waals surface area contributed by atoms with Gasteiger partial charge in [-0.05, 0) is 46.2 Å². The maximum Gasteiger partial charge on any atom is 0.407 e. The van der Waals surface area contributed by atoms with Crippen molar-refractivity contribution in [2.24, 2.45) is 0 Å². The lowest BCUT2D eigenvalue weighted by molar-refractivity contribution is -0.530. The van der Waals surface area contributed by atoms with Gasteiger partial charge in [-0.25, -0.2) is 4.79 Å². The van der Waals surface area contributed by atoms with Gasteiger partial charge in [-0.2, -0.15) is 0 Å². The maximum atomic E-state index is 13.1. The Morgan fingerprint density at radius 2 is 1.91 bits per heavy atom. The number of quaternary nitrogens is 1. The highest BCUT2D eigenvalue weighted by atomic mass is 32.1. The Morgan fingerprint density at radius 1 is 1.25 bits per heavy atom. The molecule has 1 heterocycles. The fourth-order valence-corrected chi connectivity index (χ4v) is 4.14. The van der Waals surface area contributed by atoms with Crippen LogP contribution in [0.2, 0.25) is 0 Å². The molecule has 0 aliphatic heterocycles. The minimum Gasteiger partial charge on any atom is -0.444 e. The van der Waals surface area contributed by atoms with Crippen LogP contribution in [0.1, 0.15) is 59.4 Å². The molecule has 0 aliphatic carbocycles. The van der Waals surface area contributed by atoms with Crippen molar-refractivity contribution in [1.29, 1.82) is 5.41 Å². The van der Waals surface area contributed by atoms with Gasteiger partial charge in [-0.1, -0.05) is 30.3 Å². The number of carbonyl (C=O) groups is 2. The van der Waals surface area contributed by atoms with Gasteiger partial charge in [0.15, 0.2) is 0 Å². The van der Waals surface area contributed by atoms with E-state index in [1.165, 1.54) is 17.6 Å². The molecule has 0 saturated carbocycles. The Bertz CT molecular complexity index is 990. The number of amides is 2. The van der Waals surface area contributed by atoms with E-state index in [0.29, 0.717) is 4.88 Å². The second-order valence-corrected chi connectivity index (χ2v) is 9.69. The quantitative estimate of drug-likeness (QED) is 0.455. The summed E-state index contributed by atoms with van der Waals surface area (Å²) in [6.45, 7) is 9.45. The molecule has 2 aromatic rings. The van der Waals surface area contributed by atoms with Crippen LogP contribution in [0, 0.1) is 12.3 Å². The lowest BCUT2D eigenvalue weighted by Crippen LogP contribution is -2.76. The molecule has 0 fully saturated rings. The van der Waals surface area contributed by atoms with E-state index in [4.69, 9.17) is 10.1 Å². The van der Waals surface area contributed by atoms with E-state index in [-0.39, 0.29) is 12.5 Å². The third-order valence-electron chi connectivity index (χ3n) is 4.72. The van der Waals surface area contributed by atoms with E-state index in [2.05, 4.69) is 10.6 Å². The van der Waals surface area contributed by atoms with Crippen LogP contribution in [0.4, 0.5) is 4.79 Å². The number of nitrogens with two attached hydrogens (primary N) is 1. The molecule has 7 nitrogen and oxygen atoms in total. The Kier molecular flexibility index (Phi) is 8.74. The van der Waals surface area contributed by atoms with Crippen molar-refractivity contribution in [2.75, 3.05) is 13.6 Å². The van der Waals surface area contributed by atoms with Gasteiger partial charge < -0.3 is 26.1 Å². The summed E-state index contributed by atoms with van der Waals surface area (Å²) in [6, 6.07) is 11.0. The van der Waals surface area contributed by atoms with Gasteiger partial charge in [0, 0.05) is 23.2 Å². The first-order valence-corrected chi connectivity index (χ1v) is 11.3. The molecule has 1 atom stereocenters. The summed E-state index contributed by atoms with van der Waals surface area (Å²) in [4.78, 5) is 26.8. The summed E-state index contributed by atoms with van der Waals surface area (Å²) < 4.78 is 5.32. The monoisotopic (exact) mass is 457 g/mol. The van der Waals surface area contributed by atoms with Gasteiger partial charge in [-0.3, -0.25) is 4.79 Å². The van der Waals surface area contributed by atoms with Crippen molar-refractivity contribution in [3.63, 3.8) is 0 Å². The van der Waals surface area contributed by atoms with Crippen LogP contribution in [-0.2, 0) is 4.74 Å². The zero-order valence-electron chi connectivity index (χ0n) is 19.5. The van der Waals surface area contributed by atoms with Crippen molar-refractivity contribution < 1.29 is 19.6 Å². The number of alkyl carbamates (subject to hydrolysis) is 1. The lowest BCUT2D eigenvalue weighted by Gasteiger charge is -2.23. The van der Waals surface area contributed by atoms with Crippen molar-refractivity contribution >= 4 is 35.2 Å². The van der Waals surface area contributed by atoms with Crippen molar-refractivity contribution in [1.82, 2.24) is 10.6 Å². The van der Waals surface area contributed by atoms with Gasteiger partial charge in [0.25, 0.3) is 5.91 Å². The summed E-state index contributed by atoms with van der Waals surface area (Å²) >= 11 is 1.41. The van der Waals surface area contributed by atoms with Crippen LogP contribution in [0.3, 0.4) is 0 Å². The van der Waals surface area contributed by atoms with E-state index >= 15 is 0 Å². The van der Waals surface area contributed by atoms with Gasteiger partial charge in [0.2, 0.25) is 0 Å². The third-order valence-corrected chi connectivity index (χ3v) is 5.77. The van der Waals surface area contributed by atoms with Gasteiger partial charge >= 0.3 is 6.09 Å². The van der Waals surface area contributed by atoms with E-state index in [1.54, 1.807) is 20.8 Å². The number of ether oxygens (including phenoxy) is 1. The molecule has 0 aliphatic rings. The van der Waals surface area contributed by atoms with Crippen LogP contribution in [0.15, 0.2) is 42.0 Å². The first-order chi connectivity index (χ1) is 15.1. The number of benzene rings is 1. The minimum atomic E-state index is -0.601. The molecule has 1 aromatic carbocycles. The molecule has 2 rings (SSSR count). The highest BCUT2D eigenvalue weighted by molar-refractivity contribution is 7.14. The van der Waals surface area contributed by atoms with Crippen LogP contribution >= 0.6 is 11.3 Å². The molecule has 1 aromatic heterocycles. The van der Waals surface area contributed by atoms with Crippen LogP contribution < -0.4 is 16.0 Å². The molecular formula is C24H33N4O3S+. The number of rotatable bonds is 8. The predicted molar refractivity (Wildman–Crippen MR) is 129 cm³/mol. The van der Waals surface area contributed by atoms with Crippen molar-refractivity contribution in [3.05, 3.63) is 62.9 Å². The van der Waals surface area contributed by atoms with Gasteiger partial charge in [0.1, 0.15) is 11.3 Å². The average Bonchev–Trinajstić information content (AvgIpc) is 3.12. The molecule has 8 heteroatoms. The molecule has 1 unspecified atom stereocenters. The topological polar surface area (TPSA) is 108 Å². The molecular weight excluding hydrogens is 424 g/mol. The number of allylic oxidation sites excluding steroid dienone is 1. The number of hydrogen-bond acceptors (Lipinski definition) is 5. The molecule has 172 valence electrons. The highest BCUT2D eigenvalue weighted by Gasteiger charge is 2.22. The SMILES string of the molecule is C[NH2+]/C(=C(/C)C=N)c1cc(C(=O)NC(CNC(=O)OC(C)(C)C)c2ccccc2)sc1C. The fourth-order valence-electron chi connectivity index (χ4n) is 3.20. The number of hydrogen-bond donors (Lipinski definition) is 4. The number of carbonyl (C=O) groups excluding carboxylic acids is 2. The zero-order valence-corrected chi connectivity index (χ0v) is 20.4. The number of aryl methyl sites for hydroxylation is 1. The van der Waals surface area contributed by atoms with Crippen molar-refractivity contribution in [2.45, 2.75) is 46.3 Å². The van der Waals surface area contributed by atoms with Gasteiger partial charge in [0.05, 0.1) is 23.5 Å². The van der Waals surface area contributed by atoms with E-state index in [9.17, 15) is 9.59 Å². The predicted octanol–water partition coefficient (Wildman–Crippen LogP) is 3.63. The van der Waals surface area contributed by atoms with E-state index in [1.807, 2.05) is 62.6 Å². The summed E-state index contributed by atoms with van der Waals surface area (Å²) in [5.41, 5.74) is 3.01. The standard InChI is InChI=1S/C24H32N4O3S/c1-15(13-25)21(26-6)18-12-20(32-16(18)2)22(29)28-19(17-10-8-7-9-11-17)14-27-23(30)31-24(3,4)5/h7-13,19,25-26H,14H2,1-6H3,(H,27,30)(H,28,29)/p+1/b21-15-,25-13?. The van der Waals surface area contributed by atoms with Gasteiger partial charge in [-0.15, -0.1) is 11.3 Å². The first kappa shape index (κ1) is 25.3. The first-order valence-electron chi connectivity index (χ1n) is 10.5. The lowest BCUT2D eigenvalue weighted by atomic mass is 10.1. The molecule has 32 heavy (non-hydrogen) atoms. The van der Waals surface area contributed by atoms with E-state index in [0.717, 1.165) is 27.3 Å². The van der Waals surface area contributed by atoms with E-state index < -0.39 is 17.7 Å². The molecule has 0 bridgehead atoms. The summed E-state index contributed by atoms with van der Waals surface area (Å²) in [7, 11) is 1.92. The zero-order chi connectivity index (χ0) is 23.9. The Morgan fingerprint density at radius 3 is 2.47 bits per heavy atom. The van der Waals surface area contributed by atoms with Crippen LogP contribution in [-0.4, -0.2) is 37.4 Å². The summed E-state index contributed by atoms with van der Waals surface area (Å²) in [5, 5.41) is 15.3. The molecule has 0 spiro atoms. The Balaban J connectivity index is 2.23. The normalized spacial score (nSPS) is 13.1. The largest absolute Gasteiger partial charge is 0.444 e. The maximum absolute atomic E-state index is 13.1. The average molecular weight is 458 g/mol. The third kappa shape index (κ3) is 7.03. The second-order valence-electron chi connectivity index (χ2n) is 8.43. The molecule has 5 N–H and O–H groups in total. The Hall–Kier alpha value is -2.97. The summed E-state index contributed by atoms with van der Waals surface area (Å²) in [5.74, 6) is -0.216. The smallest absolute Gasteiger partial charge is 0.407 e. The highest BCUT2D eigenvalue weighted by Crippen LogP contribution is 2.27. The van der Waals surface area contributed by atoms with Crippen LogP contribution in [0.5, 0.6) is 0 Å². The van der Waals surface area contributed by atoms with Crippen LogP contribution in [0.25, 0.3) is 5.70 Å². The second kappa shape index (κ2) is 11.1. The molecule has 2 amide bonds. The molecule has 0 saturated heterocycles. The number of thiophene rings is 1. The van der Waals surface area contributed by atoms with Crippen molar-refractivity contribution in [3.8, 4) is 0 Å². The fraction of sp³-hybridized carbons (Fsp3) is 0.375. The molecule has 0 radical (unpaired) electrons. The number of nitrogens with one attached hydrogen (secondary N) is 3.